The number of ether oxygens (including phenoxy) is 2. The summed E-state index contributed by atoms with van der Waals surface area (Å²) in [4.78, 5) is 0. The molecule has 1 aromatic rings. The van der Waals surface area contributed by atoms with E-state index in [-0.39, 0.29) is 13.2 Å². The fourth-order valence-corrected chi connectivity index (χ4v) is 1.33. The number of hydrogen-bond acceptors (Lipinski definition) is 6. The van der Waals surface area contributed by atoms with Crippen molar-refractivity contribution >= 4 is 0 Å². The third-order valence-corrected chi connectivity index (χ3v) is 2.17. The molecule has 0 spiro atoms. The number of nitrogens with one attached hydrogen (secondary N) is 1. The summed E-state index contributed by atoms with van der Waals surface area (Å²) in [5, 5.41) is 21.1. The Hall–Kier alpha value is -0.920. The maximum absolute atomic E-state index is 9.58. The summed E-state index contributed by atoms with van der Waals surface area (Å²) in [5.74, 6) is 0.743. The first-order valence-corrected chi connectivity index (χ1v) is 6.00. The second kappa shape index (κ2) is 10.0. The Morgan fingerprint density at radius 2 is 2.22 bits per heavy atom. The zero-order valence-electron chi connectivity index (χ0n) is 10.4. The summed E-state index contributed by atoms with van der Waals surface area (Å²) >= 11 is 0. The lowest BCUT2D eigenvalue weighted by Gasteiger charge is -2.11. The van der Waals surface area contributed by atoms with E-state index in [9.17, 15) is 5.11 Å². The highest BCUT2D eigenvalue weighted by Crippen LogP contribution is 2.01. The largest absolute Gasteiger partial charge is 0.467 e. The minimum atomic E-state index is -0.558. The highest BCUT2D eigenvalue weighted by Gasteiger charge is 2.04. The Balaban J connectivity index is 1.89. The van der Waals surface area contributed by atoms with Crippen molar-refractivity contribution in [3.05, 3.63) is 24.2 Å². The molecule has 0 bridgehead atoms. The molecule has 3 N–H and O–H groups in total. The van der Waals surface area contributed by atoms with Crippen LogP contribution in [0.2, 0.25) is 0 Å². The minimum Gasteiger partial charge on any atom is -0.467 e. The third kappa shape index (κ3) is 7.41. The van der Waals surface area contributed by atoms with Crippen LogP contribution in [-0.4, -0.2) is 55.8 Å². The van der Waals surface area contributed by atoms with Crippen LogP contribution in [0.25, 0.3) is 0 Å². The van der Waals surface area contributed by atoms with E-state index < -0.39 is 6.10 Å². The number of aliphatic hydroxyl groups is 2. The maximum Gasteiger partial charge on any atom is 0.129 e. The highest BCUT2D eigenvalue weighted by molar-refractivity contribution is 4.96. The third-order valence-electron chi connectivity index (χ3n) is 2.17. The van der Waals surface area contributed by atoms with E-state index in [1.165, 1.54) is 0 Å². The fraction of sp³-hybridized carbons (Fsp3) is 0.667. The average Bonchev–Trinajstić information content (AvgIpc) is 2.87. The molecule has 104 valence electrons. The van der Waals surface area contributed by atoms with Crippen molar-refractivity contribution < 1.29 is 24.1 Å². The van der Waals surface area contributed by atoms with Crippen LogP contribution >= 0.6 is 0 Å². The van der Waals surface area contributed by atoms with Crippen LogP contribution in [0, 0.1) is 0 Å². The van der Waals surface area contributed by atoms with Gasteiger partial charge in [0.1, 0.15) is 12.4 Å². The standard InChI is InChI=1S/C12H21NO5/c14-4-7-16-6-3-13-8-11(15)9-17-10-12-2-1-5-18-12/h1-2,5,11,13-15H,3-4,6-10H2. The summed E-state index contributed by atoms with van der Waals surface area (Å²) in [6, 6.07) is 3.62. The van der Waals surface area contributed by atoms with Gasteiger partial charge in [-0.05, 0) is 12.1 Å². The first-order chi connectivity index (χ1) is 8.83. The van der Waals surface area contributed by atoms with Crippen LogP contribution in [0.5, 0.6) is 0 Å². The molecule has 1 rings (SSSR count). The summed E-state index contributed by atoms with van der Waals surface area (Å²) < 4.78 is 15.4. The van der Waals surface area contributed by atoms with Crippen molar-refractivity contribution in [1.29, 1.82) is 0 Å². The SMILES string of the molecule is OCCOCCNCC(O)COCc1ccco1. The van der Waals surface area contributed by atoms with Gasteiger partial charge in [-0.3, -0.25) is 0 Å². The lowest BCUT2D eigenvalue weighted by Crippen LogP contribution is -2.32. The number of rotatable bonds is 11. The Bertz CT molecular complexity index is 278. The molecule has 18 heavy (non-hydrogen) atoms. The Morgan fingerprint density at radius 3 is 2.94 bits per heavy atom. The molecule has 0 aromatic carbocycles. The van der Waals surface area contributed by atoms with E-state index in [0.717, 1.165) is 5.76 Å². The summed E-state index contributed by atoms with van der Waals surface area (Å²) in [6.07, 6.45) is 1.03. The molecular formula is C12H21NO5. The molecule has 0 aliphatic carbocycles. The lowest BCUT2D eigenvalue weighted by molar-refractivity contribution is 0.0214. The van der Waals surface area contributed by atoms with E-state index in [4.69, 9.17) is 19.0 Å². The second-order valence-corrected chi connectivity index (χ2v) is 3.79. The van der Waals surface area contributed by atoms with Crippen molar-refractivity contribution in [3.8, 4) is 0 Å². The highest BCUT2D eigenvalue weighted by atomic mass is 16.5. The molecule has 0 aliphatic heterocycles. The van der Waals surface area contributed by atoms with E-state index >= 15 is 0 Å². The maximum atomic E-state index is 9.58. The molecule has 0 radical (unpaired) electrons. The van der Waals surface area contributed by atoms with Crippen LogP contribution in [0.3, 0.4) is 0 Å². The lowest BCUT2D eigenvalue weighted by atomic mass is 10.4. The molecule has 0 fully saturated rings. The minimum absolute atomic E-state index is 0.0310. The fourth-order valence-electron chi connectivity index (χ4n) is 1.33. The van der Waals surface area contributed by atoms with Gasteiger partial charge in [0.25, 0.3) is 0 Å². The van der Waals surface area contributed by atoms with E-state index in [0.29, 0.717) is 32.9 Å². The predicted octanol–water partition coefficient (Wildman–Crippen LogP) is -0.244. The normalized spacial score (nSPS) is 12.8. The van der Waals surface area contributed by atoms with Gasteiger partial charge >= 0.3 is 0 Å². The van der Waals surface area contributed by atoms with Gasteiger partial charge in [0, 0.05) is 13.1 Å². The quantitative estimate of drug-likeness (QED) is 0.476. The Labute approximate surface area is 107 Å². The van der Waals surface area contributed by atoms with Gasteiger partial charge in [-0.15, -0.1) is 0 Å². The molecule has 1 heterocycles. The zero-order chi connectivity index (χ0) is 13.1. The van der Waals surface area contributed by atoms with Gasteiger partial charge in [-0.1, -0.05) is 0 Å². The molecule has 0 aliphatic rings. The first-order valence-electron chi connectivity index (χ1n) is 6.00. The van der Waals surface area contributed by atoms with Gasteiger partial charge in [-0.25, -0.2) is 0 Å². The molecule has 0 amide bonds. The molecule has 0 saturated heterocycles. The van der Waals surface area contributed by atoms with Gasteiger partial charge in [-0.2, -0.15) is 0 Å². The second-order valence-electron chi connectivity index (χ2n) is 3.79. The van der Waals surface area contributed by atoms with Crippen LogP contribution in [0.15, 0.2) is 22.8 Å². The smallest absolute Gasteiger partial charge is 0.129 e. The number of hydrogen-bond donors (Lipinski definition) is 3. The van der Waals surface area contributed by atoms with Gasteiger partial charge in [0.05, 0.1) is 38.8 Å². The topological polar surface area (TPSA) is 84.1 Å². The molecule has 1 atom stereocenters. The first kappa shape index (κ1) is 15.1. The molecule has 6 nitrogen and oxygen atoms in total. The summed E-state index contributed by atoms with van der Waals surface area (Å²) in [5.41, 5.74) is 0. The molecule has 6 heteroatoms. The Kier molecular flexibility index (Phi) is 8.45. The molecular weight excluding hydrogens is 238 g/mol. The van der Waals surface area contributed by atoms with Crippen molar-refractivity contribution in [1.82, 2.24) is 5.32 Å². The van der Waals surface area contributed by atoms with Crippen LogP contribution in [0.1, 0.15) is 5.76 Å². The van der Waals surface area contributed by atoms with Crippen molar-refractivity contribution in [3.63, 3.8) is 0 Å². The monoisotopic (exact) mass is 259 g/mol. The van der Waals surface area contributed by atoms with Gasteiger partial charge < -0.3 is 29.4 Å². The van der Waals surface area contributed by atoms with Gasteiger partial charge in [0.15, 0.2) is 0 Å². The zero-order valence-corrected chi connectivity index (χ0v) is 10.4. The molecule has 1 aromatic heterocycles. The molecule has 0 saturated carbocycles. The van der Waals surface area contributed by atoms with E-state index in [1.807, 2.05) is 6.07 Å². The average molecular weight is 259 g/mol. The van der Waals surface area contributed by atoms with Gasteiger partial charge in [0.2, 0.25) is 0 Å². The van der Waals surface area contributed by atoms with Crippen LogP contribution in [0.4, 0.5) is 0 Å². The van der Waals surface area contributed by atoms with Crippen molar-refractivity contribution in [2.24, 2.45) is 0 Å². The Morgan fingerprint density at radius 1 is 1.33 bits per heavy atom. The molecule has 1 unspecified atom stereocenters. The summed E-state index contributed by atoms with van der Waals surface area (Å²) in [7, 11) is 0. The van der Waals surface area contributed by atoms with Crippen molar-refractivity contribution in [2.45, 2.75) is 12.7 Å². The van der Waals surface area contributed by atoms with E-state index in [2.05, 4.69) is 5.32 Å². The van der Waals surface area contributed by atoms with Crippen molar-refractivity contribution in [2.75, 3.05) is 39.5 Å². The predicted molar refractivity (Wildman–Crippen MR) is 65.1 cm³/mol. The van der Waals surface area contributed by atoms with Crippen LogP contribution < -0.4 is 5.32 Å². The van der Waals surface area contributed by atoms with E-state index in [1.54, 1.807) is 12.3 Å². The number of furan rings is 1. The summed E-state index contributed by atoms with van der Waals surface area (Å²) in [6.45, 7) is 2.59. The number of aliphatic hydroxyl groups excluding tert-OH is 2. The van der Waals surface area contributed by atoms with Crippen LogP contribution in [-0.2, 0) is 16.1 Å².